The zero-order valence-corrected chi connectivity index (χ0v) is 9.10. The molecule has 0 spiro atoms. The fraction of sp³-hybridized carbons (Fsp3) is 0.0833. The molecule has 5 nitrogen and oxygen atoms in total. The van der Waals surface area contributed by atoms with E-state index in [1.54, 1.807) is 24.3 Å². The summed E-state index contributed by atoms with van der Waals surface area (Å²) in [5, 5.41) is 9.38. The highest BCUT2D eigenvalue weighted by Gasteiger charge is 2.07. The predicted molar refractivity (Wildman–Crippen MR) is 66.5 cm³/mol. The average Bonchev–Trinajstić information content (AvgIpc) is 2.31. The fourth-order valence-corrected chi connectivity index (χ4v) is 1.64. The minimum Gasteiger partial charge on any atom is -0.508 e. The van der Waals surface area contributed by atoms with E-state index < -0.39 is 0 Å². The van der Waals surface area contributed by atoms with E-state index in [4.69, 9.17) is 11.5 Å². The number of nitrogen functional groups attached to an aromatic ring is 1. The van der Waals surface area contributed by atoms with Crippen molar-refractivity contribution >= 4 is 5.69 Å². The first kappa shape index (κ1) is 11.2. The first-order valence-corrected chi connectivity index (χ1v) is 5.13. The van der Waals surface area contributed by atoms with E-state index in [1.807, 2.05) is 0 Å². The Balaban J connectivity index is 2.61. The number of phenolic OH excluding ortho intramolecular Hbond substituents is 1. The Labute approximate surface area is 97.7 Å². The smallest absolute Gasteiger partial charge is 0.253 e. The highest BCUT2D eigenvalue weighted by Crippen LogP contribution is 2.25. The predicted octanol–water partition coefficient (Wildman–Crippen LogP) is 0.788. The number of hydrogen-bond donors (Lipinski definition) is 4. The first-order valence-electron chi connectivity index (χ1n) is 5.13. The second kappa shape index (κ2) is 4.31. The molecule has 6 N–H and O–H groups in total. The summed E-state index contributed by atoms with van der Waals surface area (Å²) in [7, 11) is 0. The monoisotopic (exact) mass is 231 g/mol. The number of rotatable bonds is 2. The topological polar surface area (TPSA) is 105 Å². The number of hydrogen-bond acceptors (Lipinski definition) is 4. The molecule has 5 heteroatoms. The van der Waals surface area contributed by atoms with Crippen molar-refractivity contribution in [2.24, 2.45) is 5.73 Å². The van der Waals surface area contributed by atoms with Crippen LogP contribution >= 0.6 is 0 Å². The zero-order valence-electron chi connectivity index (χ0n) is 9.10. The lowest BCUT2D eigenvalue weighted by Crippen LogP contribution is -2.17. The molecule has 1 aromatic heterocycles. The van der Waals surface area contributed by atoms with Crippen LogP contribution in [0.4, 0.5) is 5.69 Å². The van der Waals surface area contributed by atoms with Crippen LogP contribution in [0.2, 0.25) is 0 Å². The third-order valence-electron chi connectivity index (χ3n) is 2.50. The molecule has 1 aromatic carbocycles. The van der Waals surface area contributed by atoms with E-state index in [9.17, 15) is 9.90 Å². The van der Waals surface area contributed by atoms with Crippen LogP contribution in [0.15, 0.2) is 35.1 Å². The summed E-state index contributed by atoms with van der Waals surface area (Å²) in [6, 6.07) is 8.07. The molecule has 0 aliphatic rings. The molecule has 0 unspecified atom stereocenters. The lowest BCUT2D eigenvalue weighted by molar-refractivity contribution is 0.475. The highest BCUT2D eigenvalue weighted by molar-refractivity contribution is 5.73. The zero-order chi connectivity index (χ0) is 12.4. The molecule has 17 heavy (non-hydrogen) atoms. The minimum absolute atomic E-state index is 0.116. The van der Waals surface area contributed by atoms with E-state index >= 15 is 0 Å². The van der Waals surface area contributed by atoms with Gasteiger partial charge in [-0.25, -0.2) is 0 Å². The molecule has 0 saturated carbocycles. The van der Waals surface area contributed by atoms with Crippen LogP contribution in [-0.4, -0.2) is 10.1 Å². The number of anilines is 1. The van der Waals surface area contributed by atoms with Gasteiger partial charge in [0.25, 0.3) is 5.56 Å². The number of nitrogens with two attached hydrogens (primary N) is 2. The number of pyridine rings is 1. The lowest BCUT2D eigenvalue weighted by Gasteiger charge is -2.07. The number of benzene rings is 1. The highest BCUT2D eigenvalue weighted by atomic mass is 16.3. The van der Waals surface area contributed by atoms with Crippen LogP contribution in [0, 0.1) is 0 Å². The van der Waals surface area contributed by atoms with Crippen LogP contribution in [0.3, 0.4) is 0 Å². The Morgan fingerprint density at radius 3 is 2.71 bits per heavy atom. The number of nitrogens with one attached hydrogen (secondary N) is 1. The standard InChI is InChI=1S/C12H13N3O2/c13-6-8-5-10(14)11(15-12(8)17)7-2-1-3-9(16)4-7/h1-5,16H,6,13-14H2,(H,15,17). The van der Waals surface area contributed by atoms with Crippen molar-refractivity contribution in [2.75, 3.05) is 5.73 Å². The second-order valence-corrected chi connectivity index (χ2v) is 3.71. The normalized spacial score (nSPS) is 10.4. The van der Waals surface area contributed by atoms with Gasteiger partial charge in [-0.15, -0.1) is 0 Å². The molecule has 0 amide bonds. The van der Waals surface area contributed by atoms with Gasteiger partial charge in [0.15, 0.2) is 0 Å². The molecular weight excluding hydrogens is 218 g/mol. The summed E-state index contributed by atoms with van der Waals surface area (Å²) in [5.74, 6) is 0.116. The van der Waals surface area contributed by atoms with Gasteiger partial charge in [0, 0.05) is 17.7 Å². The van der Waals surface area contributed by atoms with Crippen molar-refractivity contribution in [2.45, 2.75) is 6.54 Å². The molecule has 0 atom stereocenters. The summed E-state index contributed by atoms with van der Waals surface area (Å²) < 4.78 is 0. The van der Waals surface area contributed by atoms with Gasteiger partial charge in [-0.05, 0) is 18.2 Å². The number of H-pyrrole nitrogens is 1. The van der Waals surface area contributed by atoms with Crippen molar-refractivity contribution in [3.05, 3.63) is 46.2 Å². The molecule has 0 saturated heterocycles. The van der Waals surface area contributed by atoms with Crippen LogP contribution < -0.4 is 17.0 Å². The first-order chi connectivity index (χ1) is 8.11. The van der Waals surface area contributed by atoms with Crippen molar-refractivity contribution < 1.29 is 5.11 Å². The van der Waals surface area contributed by atoms with Gasteiger partial charge < -0.3 is 21.6 Å². The Kier molecular flexibility index (Phi) is 2.84. The summed E-state index contributed by atoms with van der Waals surface area (Å²) in [6.07, 6.45) is 0. The van der Waals surface area contributed by atoms with Crippen LogP contribution in [-0.2, 0) is 6.54 Å². The van der Waals surface area contributed by atoms with Gasteiger partial charge in [-0.3, -0.25) is 4.79 Å². The Morgan fingerprint density at radius 1 is 1.29 bits per heavy atom. The molecule has 0 aliphatic carbocycles. The van der Waals surface area contributed by atoms with E-state index in [1.165, 1.54) is 6.07 Å². The van der Waals surface area contributed by atoms with Crippen molar-refractivity contribution in [1.82, 2.24) is 4.98 Å². The van der Waals surface area contributed by atoms with Gasteiger partial charge >= 0.3 is 0 Å². The minimum atomic E-state index is -0.264. The van der Waals surface area contributed by atoms with Crippen LogP contribution in [0.5, 0.6) is 5.75 Å². The maximum Gasteiger partial charge on any atom is 0.253 e. The van der Waals surface area contributed by atoms with Gasteiger partial charge in [0.1, 0.15) is 5.75 Å². The van der Waals surface area contributed by atoms with Crippen molar-refractivity contribution in [1.29, 1.82) is 0 Å². The molecule has 0 fully saturated rings. The SMILES string of the molecule is NCc1cc(N)c(-c2cccc(O)c2)[nH]c1=O. The molecule has 0 aliphatic heterocycles. The van der Waals surface area contributed by atoms with E-state index in [0.29, 0.717) is 22.5 Å². The maximum atomic E-state index is 11.6. The average molecular weight is 231 g/mol. The largest absolute Gasteiger partial charge is 0.508 e. The molecule has 2 aromatic rings. The van der Waals surface area contributed by atoms with Gasteiger partial charge in [0.05, 0.1) is 11.4 Å². The molecule has 1 heterocycles. The van der Waals surface area contributed by atoms with E-state index in [0.717, 1.165) is 0 Å². The lowest BCUT2D eigenvalue weighted by atomic mass is 10.1. The fourth-order valence-electron chi connectivity index (χ4n) is 1.64. The van der Waals surface area contributed by atoms with Crippen molar-refractivity contribution in [3.63, 3.8) is 0 Å². The van der Waals surface area contributed by atoms with Crippen molar-refractivity contribution in [3.8, 4) is 17.0 Å². The summed E-state index contributed by atoms with van der Waals surface area (Å²) in [5.41, 5.74) is 13.0. The molecule has 2 rings (SSSR count). The maximum absolute atomic E-state index is 11.6. The van der Waals surface area contributed by atoms with E-state index in [2.05, 4.69) is 4.98 Å². The summed E-state index contributed by atoms with van der Waals surface area (Å²) in [6.45, 7) is 0.139. The van der Waals surface area contributed by atoms with Crippen LogP contribution in [0.25, 0.3) is 11.3 Å². The third-order valence-corrected chi connectivity index (χ3v) is 2.50. The Hall–Kier alpha value is -2.27. The third kappa shape index (κ3) is 2.14. The molecule has 0 radical (unpaired) electrons. The Morgan fingerprint density at radius 2 is 2.06 bits per heavy atom. The molecule has 88 valence electrons. The summed E-state index contributed by atoms with van der Waals surface area (Å²) >= 11 is 0. The number of phenols is 1. The number of aromatic amines is 1. The van der Waals surface area contributed by atoms with Crippen LogP contribution in [0.1, 0.15) is 5.56 Å². The number of aromatic nitrogens is 1. The van der Waals surface area contributed by atoms with Gasteiger partial charge in [0.2, 0.25) is 0 Å². The Bertz CT molecular complexity index is 605. The molecule has 0 bridgehead atoms. The van der Waals surface area contributed by atoms with E-state index in [-0.39, 0.29) is 17.9 Å². The van der Waals surface area contributed by atoms with Gasteiger partial charge in [-0.1, -0.05) is 12.1 Å². The van der Waals surface area contributed by atoms with Gasteiger partial charge in [-0.2, -0.15) is 0 Å². The number of aromatic hydroxyl groups is 1. The quantitative estimate of drug-likeness (QED) is 0.613. The summed E-state index contributed by atoms with van der Waals surface area (Å²) in [4.78, 5) is 14.3. The second-order valence-electron chi connectivity index (χ2n) is 3.71. The molecular formula is C12H13N3O2.